The van der Waals surface area contributed by atoms with Crippen LogP contribution in [0.2, 0.25) is 0 Å². The lowest BCUT2D eigenvalue weighted by Crippen LogP contribution is -2.14. The van der Waals surface area contributed by atoms with Crippen LogP contribution < -0.4 is 0 Å². The third kappa shape index (κ3) is 4.41. The zero-order chi connectivity index (χ0) is 21.7. The second-order valence-electron chi connectivity index (χ2n) is 7.03. The standard InChI is InChI=1S/C23H24N2O5/c1-2-3-9-20-24-19(14-26)21(23(29)30)25(20)13-15-10-11-17(18(12-15)22(27)28)16-7-5-4-6-8-16/h4-8,10-12,26H,2-3,9,13-14H2,1H3,(H,27,28)(H,29,30). The molecule has 30 heavy (non-hydrogen) atoms. The summed E-state index contributed by atoms with van der Waals surface area (Å²) in [5, 5.41) is 28.9. The Morgan fingerprint density at radius 1 is 1.03 bits per heavy atom. The van der Waals surface area contributed by atoms with Crippen molar-refractivity contribution >= 4 is 11.9 Å². The monoisotopic (exact) mass is 408 g/mol. The van der Waals surface area contributed by atoms with Crippen molar-refractivity contribution in [1.82, 2.24) is 9.55 Å². The van der Waals surface area contributed by atoms with E-state index in [9.17, 15) is 24.9 Å². The minimum Gasteiger partial charge on any atom is -0.478 e. The number of carboxylic acids is 2. The number of carboxylic acid groups (broad SMARTS) is 2. The Morgan fingerprint density at radius 3 is 2.37 bits per heavy atom. The largest absolute Gasteiger partial charge is 0.478 e. The van der Waals surface area contributed by atoms with Gasteiger partial charge in [0.25, 0.3) is 0 Å². The molecular weight excluding hydrogens is 384 g/mol. The van der Waals surface area contributed by atoms with Crippen LogP contribution in [0.25, 0.3) is 11.1 Å². The van der Waals surface area contributed by atoms with Gasteiger partial charge in [-0.15, -0.1) is 0 Å². The van der Waals surface area contributed by atoms with Gasteiger partial charge < -0.3 is 19.9 Å². The molecule has 2 aromatic carbocycles. The van der Waals surface area contributed by atoms with Crippen molar-refractivity contribution in [2.45, 2.75) is 39.3 Å². The molecule has 1 aromatic heterocycles. The number of aliphatic hydroxyl groups excluding tert-OH is 1. The Morgan fingerprint density at radius 2 is 1.77 bits per heavy atom. The van der Waals surface area contributed by atoms with Gasteiger partial charge in [0, 0.05) is 13.0 Å². The zero-order valence-corrected chi connectivity index (χ0v) is 16.7. The molecule has 0 unspecified atom stereocenters. The summed E-state index contributed by atoms with van der Waals surface area (Å²) in [7, 11) is 0. The Bertz CT molecular complexity index is 1060. The minimum atomic E-state index is -1.17. The molecule has 0 fully saturated rings. The van der Waals surface area contributed by atoms with Crippen molar-refractivity contribution in [3.05, 3.63) is 76.9 Å². The summed E-state index contributed by atoms with van der Waals surface area (Å²) in [5.41, 5.74) is 2.24. The fourth-order valence-electron chi connectivity index (χ4n) is 3.52. The number of carbonyl (C=O) groups is 2. The van der Waals surface area contributed by atoms with E-state index in [0.717, 1.165) is 18.4 Å². The number of aromatic carboxylic acids is 2. The van der Waals surface area contributed by atoms with E-state index < -0.39 is 18.5 Å². The maximum Gasteiger partial charge on any atom is 0.354 e. The molecule has 3 N–H and O–H groups in total. The highest BCUT2D eigenvalue weighted by Crippen LogP contribution is 2.26. The third-order valence-corrected chi connectivity index (χ3v) is 4.97. The highest BCUT2D eigenvalue weighted by atomic mass is 16.4. The molecule has 3 aromatic rings. The van der Waals surface area contributed by atoms with Crippen LogP contribution in [0.4, 0.5) is 0 Å². The number of aromatic nitrogens is 2. The molecule has 0 saturated heterocycles. The van der Waals surface area contributed by atoms with Crippen molar-refractivity contribution in [1.29, 1.82) is 0 Å². The van der Waals surface area contributed by atoms with E-state index in [-0.39, 0.29) is 23.5 Å². The smallest absolute Gasteiger partial charge is 0.354 e. The minimum absolute atomic E-state index is 0.0624. The van der Waals surface area contributed by atoms with Gasteiger partial charge in [0.05, 0.1) is 17.9 Å². The lowest BCUT2D eigenvalue weighted by atomic mass is 9.97. The Balaban J connectivity index is 2.06. The predicted molar refractivity (Wildman–Crippen MR) is 112 cm³/mol. The van der Waals surface area contributed by atoms with Crippen molar-refractivity contribution < 1.29 is 24.9 Å². The lowest BCUT2D eigenvalue weighted by molar-refractivity contribution is 0.0675. The highest BCUT2D eigenvalue weighted by molar-refractivity contribution is 5.96. The van der Waals surface area contributed by atoms with Crippen LogP contribution in [-0.2, 0) is 19.6 Å². The number of aliphatic hydroxyl groups is 1. The van der Waals surface area contributed by atoms with E-state index in [4.69, 9.17) is 0 Å². The van der Waals surface area contributed by atoms with Crippen LogP contribution in [0.5, 0.6) is 0 Å². The third-order valence-electron chi connectivity index (χ3n) is 4.97. The van der Waals surface area contributed by atoms with Gasteiger partial charge in [-0.25, -0.2) is 14.6 Å². The molecule has 1 heterocycles. The topological polar surface area (TPSA) is 113 Å². The quantitative estimate of drug-likeness (QED) is 0.496. The van der Waals surface area contributed by atoms with Crippen LogP contribution in [0, 0.1) is 0 Å². The molecule has 0 aliphatic rings. The van der Waals surface area contributed by atoms with E-state index >= 15 is 0 Å². The van der Waals surface area contributed by atoms with Crippen molar-refractivity contribution in [2.24, 2.45) is 0 Å². The normalized spacial score (nSPS) is 10.9. The molecule has 0 atom stereocenters. The van der Waals surface area contributed by atoms with Gasteiger partial charge >= 0.3 is 11.9 Å². The predicted octanol–water partition coefficient (Wildman–Crippen LogP) is 3.83. The molecule has 0 aliphatic heterocycles. The fourth-order valence-corrected chi connectivity index (χ4v) is 3.52. The summed E-state index contributed by atoms with van der Waals surface area (Å²) in [5.74, 6) is -1.65. The molecule has 0 spiro atoms. The number of imidazole rings is 1. The molecule has 7 nitrogen and oxygen atoms in total. The van der Waals surface area contributed by atoms with Crippen LogP contribution in [0.3, 0.4) is 0 Å². The molecule has 0 bridgehead atoms. The summed E-state index contributed by atoms with van der Waals surface area (Å²) in [6, 6.07) is 14.3. The summed E-state index contributed by atoms with van der Waals surface area (Å²) in [6.07, 6.45) is 2.32. The van der Waals surface area contributed by atoms with E-state index in [1.165, 1.54) is 0 Å². The first-order valence-corrected chi connectivity index (χ1v) is 9.80. The Kier molecular flexibility index (Phi) is 6.64. The Labute approximate surface area is 174 Å². The van der Waals surface area contributed by atoms with E-state index in [0.29, 0.717) is 23.4 Å². The number of benzene rings is 2. The first kappa shape index (κ1) is 21.3. The van der Waals surface area contributed by atoms with Crippen molar-refractivity contribution in [3.8, 4) is 11.1 Å². The molecule has 0 saturated carbocycles. The maximum atomic E-state index is 11.9. The zero-order valence-electron chi connectivity index (χ0n) is 16.7. The van der Waals surface area contributed by atoms with E-state index in [2.05, 4.69) is 4.98 Å². The molecule has 7 heteroatoms. The second-order valence-corrected chi connectivity index (χ2v) is 7.03. The Hall–Kier alpha value is -3.45. The first-order valence-electron chi connectivity index (χ1n) is 9.80. The van der Waals surface area contributed by atoms with Gasteiger partial charge in [0.1, 0.15) is 5.82 Å². The van der Waals surface area contributed by atoms with E-state index in [1.54, 1.807) is 22.8 Å². The van der Waals surface area contributed by atoms with Gasteiger partial charge in [-0.05, 0) is 29.2 Å². The number of hydrogen-bond acceptors (Lipinski definition) is 4. The molecule has 0 amide bonds. The first-order chi connectivity index (χ1) is 14.5. The second kappa shape index (κ2) is 9.37. The van der Waals surface area contributed by atoms with Crippen LogP contribution >= 0.6 is 0 Å². The number of rotatable bonds is 9. The van der Waals surface area contributed by atoms with Crippen LogP contribution in [0.1, 0.15) is 57.7 Å². The molecular formula is C23H24N2O5. The summed E-state index contributed by atoms with van der Waals surface area (Å²) >= 11 is 0. The van der Waals surface area contributed by atoms with Crippen LogP contribution in [-0.4, -0.2) is 36.8 Å². The molecule has 0 aliphatic carbocycles. The number of aryl methyl sites for hydroxylation is 1. The average Bonchev–Trinajstić information content (AvgIpc) is 3.10. The lowest BCUT2D eigenvalue weighted by Gasteiger charge is -2.13. The summed E-state index contributed by atoms with van der Waals surface area (Å²) in [6.45, 7) is 1.71. The van der Waals surface area contributed by atoms with E-state index in [1.807, 2.05) is 37.3 Å². The van der Waals surface area contributed by atoms with Gasteiger partial charge in [-0.2, -0.15) is 0 Å². The van der Waals surface area contributed by atoms with Crippen molar-refractivity contribution in [3.63, 3.8) is 0 Å². The SMILES string of the molecule is CCCCc1nc(CO)c(C(=O)O)n1Cc1ccc(-c2ccccc2)c(C(=O)O)c1. The van der Waals surface area contributed by atoms with Gasteiger partial charge in [0.2, 0.25) is 0 Å². The highest BCUT2D eigenvalue weighted by Gasteiger charge is 2.22. The molecule has 0 radical (unpaired) electrons. The van der Waals surface area contributed by atoms with Gasteiger partial charge in [-0.3, -0.25) is 0 Å². The fraction of sp³-hybridized carbons (Fsp3) is 0.261. The number of unbranched alkanes of at least 4 members (excludes halogenated alkanes) is 1. The summed E-state index contributed by atoms with van der Waals surface area (Å²) in [4.78, 5) is 28.0. The maximum absolute atomic E-state index is 11.9. The number of nitrogens with zero attached hydrogens (tertiary/aromatic N) is 2. The molecule has 156 valence electrons. The molecule has 3 rings (SSSR count). The van der Waals surface area contributed by atoms with Crippen molar-refractivity contribution in [2.75, 3.05) is 0 Å². The number of hydrogen-bond donors (Lipinski definition) is 3. The van der Waals surface area contributed by atoms with Gasteiger partial charge in [-0.1, -0.05) is 55.8 Å². The summed E-state index contributed by atoms with van der Waals surface area (Å²) < 4.78 is 1.56. The average molecular weight is 408 g/mol. The van der Waals surface area contributed by atoms with Gasteiger partial charge in [0.15, 0.2) is 5.69 Å². The van der Waals surface area contributed by atoms with Crippen LogP contribution in [0.15, 0.2) is 48.5 Å².